The molecule has 1 aliphatic heterocycles. The number of esters is 1. The predicted molar refractivity (Wildman–Crippen MR) is 126 cm³/mol. The Morgan fingerprint density at radius 1 is 1.03 bits per heavy atom. The van der Waals surface area contributed by atoms with Crippen molar-refractivity contribution in [1.29, 1.82) is 0 Å². The van der Waals surface area contributed by atoms with Gasteiger partial charge in [0, 0.05) is 14.7 Å². The van der Waals surface area contributed by atoms with Gasteiger partial charge in [-0.15, -0.1) is 0 Å². The highest BCUT2D eigenvalue weighted by Gasteiger charge is 2.24. The first-order chi connectivity index (χ1) is 14.5. The Bertz CT molecular complexity index is 1180. The Labute approximate surface area is 189 Å². The van der Waals surface area contributed by atoms with Gasteiger partial charge < -0.3 is 9.47 Å². The second-order valence-corrected chi connectivity index (χ2v) is 8.28. The Hall–Kier alpha value is -2.93. The molecule has 0 atom stereocenters. The monoisotopic (exact) mass is 509 g/mol. The zero-order chi connectivity index (χ0) is 21.1. The van der Waals surface area contributed by atoms with Crippen LogP contribution in [0, 0.1) is 17.4 Å². The maximum Gasteiger partial charge on any atom is 0.363 e. The molecule has 0 aliphatic carbocycles. The number of hydrogen-bond acceptors (Lipinski definition) is 4. The lowest BCUT2D eigenvalue weighted by atomic mass is 10.1. The third kappa shape index (κ3) is 4.62. The maximum absolute atomic E-state index is 12.4. The molecule has 0 unspecified atom stereocenters. The van der Waals surface area contributed by atoms with Crippen molar-refractivity contribution in [2.24, 2.45) is 4.99 Å². The lowest BCUT2D eigenvalue weighted by Gasteiger charge is -2.09. The van der Waals surface area contributed by atoms with Crippen LogP contribution in [0.15, 0.2) is 77.4 Å². The number of halogens is 1. The Morgan fingerprint density at radius 3 is 2.67 bits per heavy atom. The maximum atomic E-state index is 12.4. The molecule has 0 radical (unpaired) electrons. The van der Waals surface area contributed by atoms with Crippen LogP contribution in [-0.4, -0.2) is 11.9 Å². The van der Waals surface area contributed by atoms with Crippen molar-refractivity contribution in [2.75, 3.05) is 0 Å². The van der Waals surface area contributed by atoms with E-state index in [1.54, 1.807) is 6.08 Å². The number of nitrogens with zero attached hydrogens (tertiary/aromatic N) is 1. The average molecular weight is 509 g/mol. The molecule has 3 aromatic carbocycles. The van der Waals surface area contributed by atoms with Gasteiger partial charge in [-0.25, -0.2) is 9.79 Å². The lowest BCUT2D eigenvalue weighted by molar-refractivity contribution is -0.129. The van der Waals surface area contributed by atoms with Crippen molar-refractivity contribution in [3.05, 3.63) is 104 Å². The summed E-state index contributed by atoms with van der Waals surface area (Å²) in [6, 6.07) is 21.6. The summed E-state index contributed by atoms with van der Waals surface area (Å²) in [5, 5.41) is 0. The van der Waals surface area contributed by atoms with E-state index in [2.05, 4.69) is 46.6 Å². The molecule has 3 aromatic rings. The van der Waals surface area contributed by atoms with Gasteiger partial charge in [0.15, 0.2) is 5.70 Å². The third-order valence-corrected chi connectivity index (χ3v) is 5.92. The van der Waals surface area contributed by atoms with Gasteiger partial charge in [0.1, 0.15) is 12.4 Å². The van der Waals surface area contributed by atoms with Gasteiger partial charge >= 0.3 is 5.97 Å². The van der Waals surface area contributed by atoms with Gasteiger partial charge in [-0.2, -0.15) is 0 Å². The van der Waals surface area contributed by atoms with E-state index in [-0.39, 0.29) is 5.70 Å². The summed E-state index contributed by atoms with van der Waals surface area (Å²) in [6.45, 7) is 4.52. The Morgan fingerprint density at radius 2 is 1.87 bits per heavy atom. The summed E-state index contributed by atoms with van der Waals surface area (Å²) >= 11 is 2.27. The molecule has 30 heavy (non-hydrogen) atoms. The molecule has 0 saturated heterocycles. The van der Waals surface area contributed by atoms with Crippen molar-refractivity contribution < 1.29 is 14.3 Å². The molecule has 0 spiro atoms. The number of para-hydroxylation sites is 1. The van der Waals surface area contributed by atoms with E-state index in [1.165, 1.54) is 5.56 Å². The average Bonchev–Trinajstić information content (AvgIpc) is 3.10. The van der Waals surface area contributed by atoms with Crippen molar-refractivity contribution in [2.45, 2.75) is 20.5 Å². The fourth-order valence-electron chi connectivity index (χ4n) is 3.15. The minimum absolute atomic E-state index is 0.257. The minimum atomic E-state index is -0.463. The highest BCUT2D eigenvalue weighted by atomic mass is 127. The number of cyclic esters (lactones) is 1. The third-order valence-electron chi connectivity index (χ3n) is 4.71. The van der Waals surface area contributed by atoms with Gasteiger partial charge in [0.05, 0.1) is 0 Å². The number of aryl methyl sites for hydroxylation is 2. The first-order valence-corrected chi connectivity index (χ1v) is 10.6. The summed E-state index contributed by atoms with van der Waals surface area (Å²) in [5.74, 6) is 0.548. The fraction of sp³-hybridized carbons (Fsp3) is 0.120. The van der Waals surface area contributed by atoms with E-state index in [4.69, 9.17) is 9.47 Å². The van der Waals surface area contributed by atoms with Crippen LogP contribution in [0.4, 0.5) is 0 Å². The molecule has 150 valence electrons. The van der Waals surface area contributed by atoms with Crippen LogP contribution in [-0.2, 0) is 16.1 Å². The van der Waals surface area contributed by atoms with E-state index in [1.807, 2.05) is 61.5 Å². The SMILES string of the molecule is Cc1cccc(COc2ccccc2/C=C2\N=C(c3ccc(I)c(C)c3)OC2=O)c1. The van der Waals surface area contributed by atoms with Crippen LogP contribution >= 0.6 is 22.6 Å². The summed E-state index contributed by atoms with van der Waals surface area (Å²) in [7, 11) is 0. The number of rotatable bonds is 5. The van der Waals surface area contributed by atoms with E-state index >= 15 is 0 Å². The van der Waals surface area contributed by atoms with E-state index in [0.717, 1.165) is 25.8 Å². The summed E-state index contributed by atoms with van der Waals surface area (Å²) < 4.78 is 12.6. The van der Waals surface area contributed by atoms with Gasteiger partial charge in [0.2, 0.25) is 5.90 Å². The highest BCUT2D eigenvalue weighted by Crippen LogP contribution is 2.26. The smallest absolute Gasteiger partial charge is 0.363 e. The zero-order valence-electron chi connectivity index (χ0n) is 16.7. The van der Waals surface area contributed by atoms with Gasteiger partial charge in [0.25, 0.3) is 0 Å². The number of aliphatic imine (C=N–C) groups is 1. The Balaban J connectivity index is 1.59. The largest absolute Gasteiger partial charge is 0.488 e. The van der Waals surface area contributed by atoms with Crippen LogP contribution in [0.3, 0.4) is 0 Å². The number of carbonyl (C=O) groups excluding carboxylic acids is 1. The molecular weight excluding hydrogens is 489 g/mol. The van der Waals surface area contributed by atoms with Crippen LogP contribution < -0.4 is 4.74 Å². The molecule has 0 aromatic heterocycles. The molecule has 1 heterocycles. The van der Waals surface area contributed by atoms with E-state index in [9.17, 15) is 4.79 Å². The van der Waals surface area contributed by atoms with Crippen molar-refractivity contribution in [1.82, 2.24) is 0 Å². The minimum Gasteiger partial charge on any atom is -0.488 e. The molecule has 0 bridgehead atoms. The van der Waals surface area contributed by atoms with Gasteiger partial charge in [-0.05, 0) is 77.9 Å². The number of ether oxygens (including phenoxy) is 2. The topological polar surface area (TPSA) is 47.9 Å². The molecule has 4 nitrogen and oxygen atoms in total. The van der Waals surface area contributed by atoms with Crippen LogP contribution in [0.5, 0.6) is 5.75 Å². The normalized spacial score (nSPS) is 14.6. The first-order valence-electron chi connectivity index (χ1n) is 9.56. The summed E-state index contributed by atoms with van der Waals surface area (Å²) in [6.07, 6.45) is 1.71. The van der Waals surface area contributed by atoms with E-state index < -0.39 is 5.97 Å². The zero-order valence-corrected chi connectivity index (χ0v) is 18.8. The number of hydrogen-bond donors (Lipinski definition) is 0. The second kappa shape index (κ2) is 8.83. The molecule has 0 saturated carbocycles. The van der Waals surface area contributed by atoms with E-state index in [0.29, 0.717) is 18.3 Å². The molecular formula is C25H20INO3. The first kappa shape index (κ1) is 20.3. The molecule has 0 N–H and O–H groups in total. The lowest BCUT2D eigenvalue weighted by Crippen LogP contribution is -2.05. The van der Waals surface area contributed by atoms with Gasteiger partial charge in [-0.1, -0.05) is 48.0 Å². The van der Waals surface area contributed by atoms with Crippen molar-refractivity contribution in [3.8, 4) is 5.75 Å². The quantitative estimate of drug-likeness (QED) is 0.247. The number of carbonyl (C=O) groups is 1. The van der Waals surface area contributed by atoms with Crippen LogP contribution in [0.2, 0.25) is 0 Å². The molecule has 4 rings (SSSR count). The van der Waals surface area contributed by atoms with Crippen molar-refractivity contribution in [3.63, 3.8) is 0 Å². The van der Waals surface area contributed by atoms with Crippen LogP contribution in [0.25, 0.3) is 6.08 Å². The second-order valence-electron chi connectivity index (χ2n) is 7.12. The molecule has 5 heteroatoms. The van der Waals surface area contributed by atoms with Crippen molar-refractivity contribution >= 4 is 40.5 Å². The molecule has 0 amide bonds. The number of benzene rings is 3. The highest BCUT2D eigenvalue weighted by molar-refractivity contribution is 14.1. The molecule has 1 aliphatic rings. The van der Waals surface area contributed by atoms with Crippen LogP contribution in [0.1, 0.15) is 27.8 Å². The fourth-order valence-corrected chi connectivity index (χ4v) is 3.49. The van der Waals surface area contributed by atoms with Gasteiger partial charge in [-0.3, -0.25) is 0 Å². The predicted octanol–water partition coefficient (Wildman–Crippen LogP) is 5.83. The standard InChI is InChI=1S/C25H20INO3/c1-16-6-5-7-18(12-16)15-29-23-9-4-3-8-19(23)14-22-25(28)30-24(27-22)20-10-11-21(26)17(2)13-20/h3-14H,15H2,1-2H3/b22-14-. The summed E-state index contributed by atoms with van der Waals surface area (Å²) in [4.78, 5) is 16.8. The molecule has 0 fully saturated rings. The Kier molecular flexibility index (Phi) is 5.99. The summed E-state index contributed by atoms with van der Waals surface area (Å²) in [5.41, 5.74) is 5.21.